The summed E-state index contributed by atoms with van der Waals surface area (Å²) in [5.74, 6) is 2.13. The van der Waals surface area contributed by atoms with Gasteiger partial charge >= 0.3 is 0 Å². The van der Waals surface area contributed by atoms with E-state index in [4.69, 9.17) is 24.9 Å². The van der Waals surface area contributed by atoms with Crippen molar-refractivity contribution in [2.45, 2.75) is 12.3 Å². The van der Waals surface area contributed by atoms with Crippen molar-refractivity contribution < 1.29 is 0 Å². The zero-order valence-corrected chi connectivity index (χ0v) is 27.1. The lowest BCUT2D eigenvalue weighted by molar-refractivity contribution is 0.912. The van der Waals surface area contributed by atoms with E-state index in [0.717, 1.165) is 67.2 Å². The minimum Gasteiger partial charge on any atom is -0.255 e. The third kappa shape index (κ3) is 5.84. The van der Waals surface area contributed by atoms with E-state index in [1.807, 2.05) is 84.9 Å². The summed E-state index contributed by atoms with van der Waals surface area (Å²) in [5, 5.41) is 3.27. The lowest BCUT2D eigenvalue weighted by Crippen LogP contribution is -2.31. The average molecular weight is 643 g/mol. The summed E-state index contributed by atoms with van der Waals surface area (Å²) >= 11 is 0. The van der Waals surface area contributed by atoms with Crippen LogP contribution in [0.15, 0.2) is 152 Å². The maximum Gasteiger partial charge on any atom is 0.164 e. The van der Waals surface area contributed by atoms with Gasteiger partial charge in [-0.3, -0.25) is 4.98 Å². The highest BCUT2D eigenvalue weighted by atomic mass is 15.0. The molecule has 1 aliphatic rings. The fourth-order valence-corrected chi connectivity index (χ4v) is 6.45. The highest BCUT2D eigenvalue weighted by molar-refractivity contribution is 5.83. The van der Waals surface area contributed by atoms with Crippen LogP contribution in [0.4, 0.5) is 0 Å². The third-order valence-electron chi connectivity index (χ3n) is 9.12. The number of pyridine rings is 3. The van der Waals surface area contributed by atoms with E-state index in [1.54, 1.807) is 6.20 Å². The van der Waals surface area contributed by atoms with Crippen molar-refractivity contribution in [2.75, 3.05) is 0 Å². The molecule has 0 radical (unpaired) electrons. The van der Waals surface area contributed by atoms with Crippen molar-refractivity contribution >= 4 is 23.1 Å². The maximum atomic E-state index is 5.12. The molecule has 0 fully saturated rings. The van der Waals surface area contributed by atoms with Crippen molar-refractivity contribution in [3.05, 3.63) is 168 Å². The van der Waals surface area contributed by atoms with Gasteiger partial charge in [0.15, 0.2) is 17.5 Å². The van der Waals surface area contributed by atoms with Gasteiger partial charge in [-0.25, -0.2) is 24.9 Å². The molecule has 236 valence electrons. The molecule has 0 amide bonds. The predicted octanol–water partition coefficient (Wildman–Crippen LogP) is 8.29. The summed E-state index contributed by atoms with van der Waals surface area (Å²) in [6.45, 7) is 0. The number of rotatable bonds is 6. The molecule has 0 spiro atoms. The van der Waals surface area contributed by atoms with E-state index in [0.29, 0.717) is 17.5 Å². The van der Waals surface area contributed by atoms with Crippen molar-refractivity contribution in [3.63, 3.8) is 0 Å². The Bertz CT molecular complexity index is 2550. The van der Waals surface area contributed by atoms with E-state index in [-0.39, 0.29) is 5.92 Å². The van der Waals surface area contributed by atoms with E-state index >= 15 is 0 Å². The number of aromatic nitrogens is 6. The highest BCUT2D eigenvalue weighted by Crippen LogP contribution is 2.30. The molecule has 9 rings (SSSR count). The SMILES string of the molecule is C1=c2ccc(-c3ccccn3)nc2=CC(c2ccc3ccc(-c4ccc(-c5nc(-c6ccccc6)nc(-c6ccccc6)n5)cc4)nc3c2)C1. The zero-order chi connectivity index (χ0) is 33.3. The van der Waals surface area contributed by atoms with Crippen molar-refractivity contribution in [1.29, 1.82) is 0 Å². The van der Waals surface area contributed by atoms with Gasteiger partial charge in [-0.1, -0.05) is 127 Å². The fraction of sp³-hybridized carbons (Fsp3) is 0.0455. The second-order valence-corrected chi connectivity index (χ2v) is 12.4. The Morgan fingerprint density at radius 3 is 1.76 bits per heavy atom. The lowest BCUT2D eigenvalue weighted by Gasteiger charge is -2.15. The second-order valence-electron chi connectivity index (χ2n) is 12.4. The van der Waals surface area contributed by atoms with Gasteiger partial charge in [0.25, 0.3) is 0 Å². The second kappa shape index (κ2) is 12.7. The van der Waals surface area contributed by atoms with Gasteiger partial charge < -0.3 is 0 Å². The quantitative estimate of drug-likeness (QED) is 0.182. The monoisotopic (exact) mass is 642 g/mol. The molecule has 0 aliphatic heterocycles. The first kappa shape index (κ1) is 29.5. The van der Waals surface area contributed by atoms with Crippen LogP contribution in [-0.4, -0.2) is 29.9 Å². The molecule has 1 atom stereocenters. The largest absolute Gasteiger partial charge is 0.255 e. The van der Waals surface area contributed by atoms with Gasteiger partial charge in [0, 0.05) is 39.8 Å². The summed E-state index contributed by atoms with van der Waals surface area (Å²) in [7, 11) is 0. The molecule has 50 heavy (non-hydrogen) atoms. The average Bonchev–Trinajstić information content (AvgIpc) is 3.21. The molecule has 4 heterocycles. The van der Waals surface area contributed by atoms with Crippen LogP contribution in [0, 0.1) is 0 Å². The summed E-state index contributed by atoms with van der Waals surface area (Å²) in [6, 6.07) is 49.3. The molecule has 0 bridgehead atoms. The van der Waals surface area contributed by atoms with Gasteiger partial charge in [-0.2, -0.15) is 0 Å². The molecular weight excluding hydrogens is 613 g/mol. The van der Waals surface area contributed by atoms with Crippen molar-refractivity contribution in [1.82, 2.24) is 29.9 Å². The topological polar surface area (TPSA) is 77.3 Å². The molecule has 1 unspecified atom stereocenters. The van der Waals surface area contributed by atoms with E-state index in [2.05, 4.69) is 77.8 Å². The molecular formula is C44H30N6. The Kier molecular flexibility index (Phi) is 7.52. The maximum absolute atomic E-state index is 5.12. The summed E-state index contributed by atoms with van der Waals surface area (Å²) in [4.78, 5) is 29.2. The van der Waals surface area contributed by atoms with Gasteiger partial charge in [0.1, 0.15) is 0 Å². The van der Waals surface area contributed by atoms with Crippen LogP contribution < -0.4 is 10.6 Å². The van der Waals surface area contributed by atoms with Crippen LogP contribution in [0.3, 0.4) is 0 Å². The lowest BCUT2D eigenvalue weighted by atomic mass is 9.91. The predicted molar refractivity (Wildman–Crippen MR) is 200 cm³/mol. The molecule has 1 aliphatic carbocycles. The molecule has 6 nitrogen and oxygen atoms in total. The third-order valence-corrected chi connectivity index (χ3v) is 9.12. The molecule has 0 N–H and O–H groups in total. The Morgan fingerprint density at radius 2 is 1.08 bits per heavy atom. The van der Waals surface area contributed by atoms with Gasteiger partial charge in [-0.05, 0) is 47.5 Å². The zero-order valence-electron chi connectivity index (χ0n) is 27.1. The van der Waals surface area contributed by atoms with Gasteiger partial charge in [0.05, 0.1) is 27.9 Å². The standard InChI is InChI=1S/C44H30N6/c1-3-9-32(10-4-1)42-48-43(33-11-5-2-6-12-33)50-44(49-42)34-18-14-29(15-19-34)37-24-22-30-16-20-35(27-40(30)46-37)36-21-17-31-23-25-39(47-41(31)28-36)38-13-7-8-26-45-38/h1-20,22-28,36H,21H2. The number of nitrogens with zero attached hydrogens (tertiary/aromatic N) is 6. The van der Waals surface area contributed by atoms with E-state index in [1.165, 1.54) is 5.56 Å². The number of hydrogen-bond acceptors (Lipinski definition) is 6. The number of hydrogen-bond donors (Lipinski definition) is 0. The Hall–Kier alpha value is -6.66. The van der Waals surface area contributed by atoms with Crippen LogP contribution in [0.25, 0.3) is 79.9 Å². The highest BCUT2D eigenvalue weighted by Gasteiger charge is 2.15. The van der Waals surface area contributed by atoms with Crippen LogP contribution in [0.1, 0.15) is 17.9 Å². The fourth-order valence-electron chi connectivity index (χ4n) is 6.45. The van der Waals surface area contributed by atoms with Crippen LogP contribution >= 0.6 is 0 Å². The normalized spacial score (nSPS) is 13.6. The molecule has 6 heteroatoms. The summed E-state index contributed by atoms with van der Waals surface area (Å²) in [5.41, 5.74) is 8.71. The van der Waals surface area contributed by atoms with Crippen LogP contribution in [0.5, 0.6) is 0 Å². The molecule has 0 saturated carbocycles. The number of fused-ring (bicyclic) bond motifs is 2. The molecule has 0 saturated heterocycles. The minimum atomic E-state index is 0.213. The van der Waals surface area contributed by atoms with Crippen LogP contribution in [0.2, 0.25) is 0 Å². The Balaban J connectivity index is 1.03. The molecule has 4 aromatic heterocycles. The first-order valence-corrected chi connectivity index (χ1v) is 16.7. The summed E-state index contributed by atoms with van der Waals surface area (Å²) < 4.78 is 0. The molecule has 8 aromatic rings. The van der Waals surface area contributed by atoms with E-state index in [9.17, 15) is 0 Å². The van der Waals surface area contributed by atoms with Gasteiger partial charge in [-0.15, -0.1) is 0 Å². The van der Waals surface area contributed by atoms with Crippen molar-refractivity contribution in [2.24, 2.45) is 0 Å². The Morgan fingerprint density at radius 1 is 0.460 bits per heavy atom. The van der Waals surface area contributed by atoms with E-state index < -0.39 is 0 Å². The van der Waals surface area contributed by atoms with Gasteiger partial charge in [0.2, 0.25) is 0 Å². The van der Waals surface area contributed by atoms with Crippen LogP contribution in [-0.2, 0) is 0 Å². The Labute approximate surface area is 289 Å². The first-order chi connectivity index (χ1) is 24.7. The number of benzene rings is 4. The smallest absolute Gasteiger partial charge is 0.164 e. The first-order valence-electron chi connectivity index (χ1n) is 16.7. The molecule has 4 aromatic carbocycles. The van der Waals surface area contributed by atoms with Crippen molar-refractivity contribution in [3.8, 4) is 56.8 Å². The summed E-state index contributed by atoms with van der Waals surface area (Å²) in [6.07, 6.45) is 7.28. The minimum absolute atomic E-state index is 0.213.